The molecule has 2 N–H and O–H groups in total. The van der Waals surface area contributed by atoms with Crippen LogP contribution in [0.2, 0.25) is 0 Å². The van der Waals surface area contributed by atoms with Crippen molar-refractivity contribution in [1.29, 1.82) is 5.26 Å². The molecule has 5 nitrogen and oxygen atoms in total. The molecule has 26 heavy (non-hydrogen) atoms. The molecule has 0 amide bonds. The normalized spacial score (nSPS) is 11.3. The van der Waals surface area contributed by atoms with E-state index < -0.39 is 0 Å². The highest BCUT2D eigenvalue weighted by Crippen LogP contribution is 2.15. The van der Waals surface area contributed by atoms with Crippen molar-refractivity contribution >= 4 is 16.9 Å². The molecule has 0 saturated carbocycles. The fourth-order valence-corrected chi connectivity index (χ4v) is 2.90. The molecule has 3 rings (SSSR count). The summed E-state index contributed by atoms with van der Waals surface area (Å²) in [5, 5.41) is 16.8. The molecule has 5 heteroatoms. The van der Waals surface area contributed by atoms with E-state index in [1.54, 1.807) is 7.05 Å². The van der Waals surface area contributed by atoms with E-state index in [0.29, 0.717) is 12.1 Å². The Morgan fingerprint density at radius 2 is 1.88 bits per heavy atom. The number of hydrogen-bond acceptors (Lipinski definition) is 2. The van der Waals surface area contributed by atoms with Crippen molar-refractivity contribution < 1.29 is 0 Å². The smallest absolute Gasteiger partial charge is 0.191 e. The second kappa shape index (κ2) is 8.72. The van der Waals surface area contributed by atoms with E-state index in [-0.39, 0.29) is 0 Å². The lowest BCUT2D eigenvalue weighted by Crippen LogP contribution is -2.37. The van der Waals surface area contributed by atoms with Gasteiger partial charge in [0.25, 0.3) is 0 Å². The summed E-state index contributed by atoms with van der Waals surface area (Å²) in [6, 6.07) is 20.3. The zero-order chi connectivity index (χ0) is 18.2. The van der Waals surface area contributed by atoms with Gasteiger partial charge in [0.15, 0.2) is 5.96 Å². The van der Waals surface area contributed by atoms with Crippen LogP contribution in [0.5, 0.6) is 0 Å². The van der Waals surface area contributed by atoms with Gasteiger partial charge in [-0.3, -0.25) is 4.99 Å². The molecule has 1 aromatic heterocycles. The second-order valence-corrected chi connectivity index (χ2v) is 6.08. The minimum Gasteiger partial charge on any atom is -0.356 e. The van der Waals surface area contributed by atoms with Crippen molar-refractivity contribution in [3.8, 4) is 6.07 Å². The van der Waals surface area contributed by atoms with Crippen molar-refractivity contribution in [2.24, 2.45) is 4.99 Å². The average molecular weight is 345 g/mol. The fourth-order valence-electron chi connectivity index (χ4n) is 2.90. The number of nitrogens with one attached hydrogen (secondary N) is 2. The van der Waals surface area contributed by atoms with E-state index in [9.17, 15) is 0 Å². The lowest BCUT2D eigenvalue weighted by atomic mass is 10.1. The quantitative estimate of drug-likeness (QED) is 0.409. The van der Waals surface area contributed by atoms with Gasteiger partial charge in [-0.25, -0.2) is 0 Å². The van der Waals surface area contributed by atoms with E-state index in [1.807, 2.05) is 24.3 Å². The van der Waals surface area contributed by atoms with Crippen LogP contribution in [0.4, 0.5) is 0 Å². The Kier molecular flexibility index (Phi) is 5.89. The van der Waals surface area contributed by atoms with Crippen LogP contribution in [-0.4, -0.2) is 24.1 Å². The van der Waals surface area contributed by atoms with Gasteiger partial charge in [0, 0.05) is 38.4 Å². The number of guanidine groups is 1. The van der Waals surface area contributed by atoms with E-state index in [0.717, 1.165) is 31.0 Å². The highest BCUT2D eigenvalue weighted by Gasteiger charge is 2.01. The number of aliphatic imine (C=N–C) groups is 1. The molecule has 0 aliphatic carbocycles. The number of nitrogens with zero attached hydrogens (tertiary/aromatic N) is 3. The summed E-state index contributed by atoms with van der Waals surface area (Å²) in [5.74, 6) is 0.784. The first-order valence-electron chi connectivity index (χ1n) is 8.77. The van der Waals surface area contributed by atoms with Crippen molar-refractivity contribution in [3.63, 3.8) is 0 Å². The number of fused-ring (bicyclic) bond motifs is 1. The van der Waals surface area contributed by atoms with Gasteiger partial charge in [0.1, 0.15) is 0 Å². The third-order valence-electron chi connectivity index (χ3n) is 4.32. The summed E-state index contributed by atoms with van der Waals surface area (Å²) in [7, 11) is 1.77. The Labute approximate surface area is 154 Å². The SMILES string of the molecule is CN=C(NCCCn1ccc2ccccc21)NCc1ccc(C#N)cc1. The predicted molar refractivity (Wildman–Crippen MR) is 106 cm³/mol. The van der Waals surface area contributed by atoms with Gasteiger partial charge in [-0.2, -0.15) is 5.26 Å². The van der Waals surface area contributed by atoms with Gasteiger partial charge < -0.3 is 15.2 Å². The van der Waals surface area contributed by atoms with Gasteiger partial charge in [-0.05, 0) is 41.6 Å². The summed E-state index contributed by atoms with van der Waals surface area (Å²) in [6.07, 6.45) is 3.15. The number of benzene rings is 2. The van der Waals surface area contributed by atoms with Gasteiger partial charge >= 0.3 is 0 Å². The molecule has 0 unspecified atom stereocenters. The zero-order valence-corrected chi connectivity index (χ0v) is 14.9. The molecular weight excluding hydrogens is 322 g/mol. The zero-order valence-electron chi connectivity index (χ0n) is 14.9. The standard InChI is InChI=1S/C21H23N5/c1-23-21(25-16-18-9-7-17(15-22)8-10-18)24-12-4-13-26-14-11-19-5-2-3-6-20(19)26/h2-3,5-11,14H,4,12-13,16H2,1H3,(H2,23,24,25). The van der Waals surface area contributed by atoms with Crippen molar-refractivity contribution in [3.05, 3.63) is 71.9 Å². The minimum absolute atomic E-state index is 0.674. The van der Waals surface area contributed by atoms with Crippen LogP contribution < -0.4 is 10.6 Å². The van der Waals surface area contributed by atoms with Crippen molar-refractivity contribution in [1.82, 2.24) is 15.2 Å². The largest absolute Gasteiger partial charge is 0.356 e. The fraction of sp³-hybridized carbons (Fsp3) is 0.238. The van der Waals surface area contributed by atoms with Crippen molar-refractivity contribution in [2.45, 2.75) is 19.5 Å². The summed E-state index contributed by atoms with van der Waals surface area (Å²) in [5.41, 5.74) is 3.07. The van der Waals surface area contributed by atoms with Crippen molar-refractivity contribution in [2.75, 3.05) is 13.6 Å². The van der Waals surface area contributed by atoms with Crippen LogP contribution >= 0.6 is 0 Å². The van der Waals surface area contributed by atoms with E-state index in [4.69, 9.17) is 5.26 Å². The number of nitriles is 1. The van der Waals surface area contributed by atoms with Gasteiger partial charge in [-0.15, -0.1) is 0 Å². The predicted octanol–water partition coefficient (Wildman–Crippen LogP) is 3.27. The van der Waals surface area contributed by atoms with E-state index in [1.165, 1.54) is 10.9 Å². The monoisotopic (exact) mass is 345 g/mol. The summed E-state index contributed by atoms with van der Waals surface area (Å²) in [6.45, 7) is 2.49. The molecule has 0 radical (unpaired) electrons. The Balaban J connectivity index is 1.43. The van der Waals surface area contributed by atoms with Gasteiger partial charge in [0.05, 0.1) is 11.6 Å². The molecule has 0 aliphatic heterocycles. The van der Waals surface area contributed by atoms with Crippen LogP contribution in [0.1, 0.15) is 17.5 Å². The molecule has 0 bridgehead atoms. The Bertz CT molecular complexity index is 915. The average Bonchev–Trinajstić information content (AvgIpc) is 3.11. The molecule has 3 aromatic rings. The van der Waals surface area contributed by atoms with Crippen LogP contribution in [0.3, 0.4) is 0 Å². The summed E-state index contributed by atoms with van der Waals surface area (Å²) in [4.78, 5) is 4.26. The number of hydrogen-bond donors (Lipinski definition) is 2. The van der Waals surface area contributed by atoms with Crippen LogP contribution in [-0.2, 0) is 13.1 Å². The Hall–Kier alpha value is -3.26. The maximum atomic E-state index is 8.84. The lowest BCUT2D eigenvalue weighted by Gasteiger charge is -2.12. The highest BCUT2D eigenvalue weighted by molar-refractivity contribution is 5.80. The molecule has 1 heterocycles. The molecule has 0 fully saturated rings. The molecule has 0 aliphatic rings. The highest BCUT2D eigenvalue weighted by atomic mass is 15.2. The molecule has 2 aromatic carbocycles. The lowest BCUT2D eigenvalue weighted by molar-refractivity contribution is 0.640. The number of aromatic nitrogens is 1. The van der Waals surface area contributed by atoms with Crippen LogP contribution in [0.25, 0.3) is 10.9 Å². The maximum absolute atomic E-state index is 8.84. The topological polar surface area (TPSA) is 65.1 Å². The minimum atomic E-state index is 0.674. The number of aryl methyl sites for hydroxylation is 1. The third-order valence-corrected chi connectivity index (χ3v) is 4.32. The first-order valence-corrected chi connectivity index (χ1v) is 8.77. The summed E-state index contributed by atoms with van der Waals surface area (Å²) >= 11 is 0. The first-order chi connectivity index (χ1) is 12.8. The molecule has 0 spiro atoms. The van der Waals surface area contributed by atoms with Gasteiger partial charge in [-0.1, -0.05) is 30.3 Å². The number of rotatable bonds is 6. The van der Waals surface area contributed by atoms with E-state index in [2.05, 4.69) is 62.8 Å². The number of para-hydroxylation sites is 1. The first kappa shape index (κ1) is 17.6. The van der Waals surface area contributed by atoms with E-state index >= 15 is 0 Å². The maximum Gasteiger partial charge on any atom is 0.191 e. The molecule has 0 saturated heterocycles. The Morgan fingerprint density at radius 3 is 2.65 bits per heavy atom. The van der Waals surface area contributed by atoms with Crippen LogP contribution in [0.15, 0.2) is 65.8 Å². The van der Waals surface area contributed by atoms with Gasteiger partial charge in [0.2, 0.25) is 0 Å². The summed E-state index contributed by atoms with van der Waals surface area (Å²) < 4.78 is 2.28. The third kappa shape index (κ3) is 4.42. The second-order valence-electron chi connectivity index (χ2n) is 6.08. The van der Waals surface area contributed by atoms with Crippen LogP contribution in [0, 0.1) is 11.3 Å². The molecular formula is C21H23N5. The molecule has 132 valence electrons. The molecule has 0 atom stereocenters. The Morgan fingerprint density at radius 1 is 1.08 bits per heavy atom.